The first-order valence-corrected chi connectivity index (χ1v) is 8.45. The van der Waals surface area contributed by atoms with Crippen molar-refractivity contribution in [2.45, 2.75) is 45.4 Å². The predicted molar refractivity (Wildman–Crippen MR) is 91.4 cm³/mol. The van der Waals surface area contributed by atoms with E-state index in [-0.39, 0.29) is 10.5 Å². The van der Waals surface area contributed by atoms with Crippen molar-refractivity contribution in [2.24, 2.45) is 5.92 Å². The van der Waals surface area contributed by atoms with Gasteiger partial charge < -0.3 is 0 Å². The Morgan fingerprint density at radius 1 is 1.08 bits per heavy atom. The monoisotopic (exact) mass is 323 g/mol. The summed E-state index contributed by atoms with van der Waals surface area (Å²) in [6.07, 6.45) is 3.48. The van der Waals surface area contributed by atoms with Crippen molar-refractivity contribution in [1.82, 2.24) is 5.06 Å². The normalized spacial score (nSPS) is 17.8. The highest BCUT2D eigenvalue weighted by Crippen LogP contribution is 2.39. The molecule has 1 saturated carbocycles. The average molecular weight is 323 g/mol. The molecule has 4 nitrogen and oxygen atoms in total. The van der Waals surface area contributed by atoms with Gasteiger partial charge >= 0.3 is 0 Å². The molecule has 0 aromatic heterocycles. The SMILES string of the molecule is CC(C)(C)c1cc2c3c(ccc(CC4CC4)c3c1)C(=O)N(O)C2=O. The molecule has 2 aromatic rings. The molecule has 2 amide bonds. The second kappa shape index (κ2) is 4.90. The maximum absolute atomic E-state index is 12.5. The molecular formula is C20H21NO3. The number of amides is 2. The maximum Gasteiger partial charge on any atom is 0.285 e. The van der Waals surface area contributed by atoms with Gasteiger partial charge in [0.1, 0.15) is 0 Å². The van der Waals surface area contributed by atoms with Gasteiger partial charge in [-0.25, -0.2) is 0 Å². The van der Waals surface area contributed by atoms with Gasteiger partial charge in [0.05, 0.1) is 11.1 Å². The van der Waals surface area contributed by atoms with Crippen molar-refractivity contribution in [3.63, 3.8) is 0 Å². The highest BCUT2D eigenvalue weighted by molar-refractivity contribution is 6.25. The van der Waals surface area contributed by atoms with Gasteiger partial charge in [-0.2, -0.15) is 0 Å². The third-order valence-corrected chi connectivity index (χ3v) is 5.12. The summed E-state index contributed by atoms with van der Waals surface area (Å²) in [6.45, 7) is 6.29. The van der Waals surface area contributed by atoms with E-state index >= 15 is 0 Å². The summed E-state index contributed by atoms with van der Waals surface area (Å²) in [6, 6.07) is 7.67. The number of carbonyl (C=O) groups is 2. The molecule has 0 spiro atoms. The first-order valence-electron chi connectivity index (χ1n) is 8.45. The number of hydroxylamine groups is 2. The molecule has 24 heavy (non-hydrogen) atoms. The van der Waals surface area contributed by atoms with E-state index in [9.17, 15) is 14.8 Å². The lowest BCUT2D eigenvalue weighted by Gasteiger charge is -2.27. The second-order valence-electron chi connectivity index (χ2n) is 8.04. The van der Waals surface area contributed by atoms with Crippen LogP contribution in [0.1, 0.15) is 65.5 Å². The van der Waals surface area contributed by atoms with Crippen molar-refractivity contribution in [3.05, 3.63) is 46.5 Å². The molecule has 1 N–H and O–H groups in total. The summed E-state index contributed by atoms with van der Waals surface area (Å²) < 4.78 is 0. The van der Waals surface area contributed by atoms with Gasteiger partial charge in [-0.1, -0.05) is 32.9 Å². The van der Waals surface area contributed by atoms with Crippen LogP contribution in [0.5, 0.6) is 0 Å². The topological polar surface area (TPSA) is 57.6 Å². The lowest BCUT2D eigenvalue weighted by Crippen LogP contribution is -2.37. The number of imide groups is 1. The van der Waals surface area contributed by atoms with Crippen LogP contribution >= 0.6 is 0 Å². The van der Waals surface area contributed by atoms with Crippen molar-refractivity contribution < 1.29 is 14.8 Å². The minimum absolute atomic E-state index is 0.125. The predicted octanol–water partition coefficient (Wildman–Crippen LogP) is 4.08. The summed E-state index contributed by atoms with van der Waals surface area (Å²) in [4.78, 5) is 24.8. The summed E-state index contributed by atoms with van der Waals surface area (Å²) in [5, 5.41) is 11.8. The van der Waals surface area contributed by atoms with Crippen LogP contribution in [0, 0.1) is 5.92 Å². The largest absolute Gasteiger partial charge is 0.285 e. The van der Waals surface area contributed by atoms with Gasteiger partial charge in [0.15, 0.2) is 0 Å². The molecule has 0 radical (unpaired) electrons. The van der Waals surface area contributed by atoms with Crippen molar-refractivity contribution >= 4 is 22.6 Å². The van der Waals surface area contributed by atoms with Crippen LogP contribution in [-0.2, 0) is 11.8 Å². The van der Waals surface area contributed by atoms with Crippen LogP contribution < -0.4 is 0 Å². The van der Waals surface area contributed by atoms with E-state index in [1.165, 1.54) is 18.4 Å². The quantitative estimate of drug-likeness (QED) is 0.669. The highest BCUT2D eigenvalue weighted by Gasteiger charge is 2.34. The summed E-state index contributed by atoms with van der Waals surface area (Å²) >= 11 is 0. The smallest absolute Gasteiger partial charge is 0.278 e. The Hall–Kier alpha value is -2.20. The van der Waals surface area contributed by atoms with Crippen LogP contribution in [0.2, 0.25) is 0 Å². The second-order valence-corrected chi connectivity index (χ2v) is 8.04. The number of rotatable bonds is 2. The van der Waals surface area contributed by atoms with E-state index in [2.05, 4.69) is 26.8 Å². The average Bonchev–Trinajstić information content (AvgIpc) is 3.34. The molecule has 2 aromatic carbocycles. The molecule has 0 saturated heterocycles. The number of hydrogen-bond acceptors (Lipinski definition) is 3. The first kappa shape index (κ1) is 15.3. The fourth-order valence-electron chi connectivity index (χ4n) is 3.45. The van der Waals surface area contributed by atoms with Crippen LogP contribution in [0.4, 0.5) is 0 Å². The molecule has 1 aliphatic carbocycles. The number of nitrogens with zero attached hydrogens (tertiary/aromatic N) is 1. The zero-order valence-corrected chi connectivity index (χ0v) is 14.2. The Bertz CT molecular complexity index is 888. The fraction of sp³-hybridized carbons (Fsp3) is 0.400. The molecule has 1 fully saturated rings. The lowest BCUT2D eigenvalue weighted by molar-refractivity contribution is -0.0377. The Morgan fingerprint density at radius 3 is 2.38 bits per heavy atom. The molecule has 1 heterocycles. The molecule has 0 unspecified atom stereocenters. The fourth-order valence-corrected chi connectivity index (χ4v) is 3.45. The Kier molecular flexibility index (Phi) is 3.13. The standard InChI is InChI=1S/C20H21NO3/c1-20(2,3)13-9-15-12(8-11-4-5-11)6-7-14-17(15)16(10-13)19(23)21(24)18(14)22/h6-7,9-11,24H,4-5,8H2,1-3H3. The Morgan fingerprint density at radius 2 is 1.75 bits per heavy atom. The van der Waals surface area contributed by atoms with E-state index in [1.807, 2.05) is 12.1 Å². The molecule has 0 atom stereocenters. The van der Waals surface area contributed by atoms with E-state index < -0.39 is 11.8 Å². The van der Waals surface area contributed by atoms with Crippen molar-refractivity contribution in [1.29, 1.82) is 0 Å². The van der Waals surface area contributed by atoms with Crippen molar-refractivity contribution in [2.75, 3.05) is 0 Å². The van der Waals surface area contributed by atoms with Crippen molar-refractivity contribution in [3.8, 4) is 0 Å². The van der Waals surface area contributed by atoms with Crippen LogP contribution in [0.3, 0.4) is 0 Å². The minimum Gasteiger partial charge on any atom is -0.278 e. The van der Waals surface area contributed by atoms with Gasteiger partial charge in [0, 0.05) is 5.39 Å². The third-order valence-electron chi connectivity index (χ3n) is 5.12. The minimum atomic E-state index is -0.640. The molecule has 124 valence electrons. The molecule has 0 bridgehead atoms. The zero-order chi connectivity index (χ0) is 17.2. The molecule has 2 aliphatic rings. The van der Waals surface area contributed by atoms with Gasteiger partial charge in [0.25, 0.3) is 11.8 Å². The summed E-state index contributed by atoms with van der Waals surface area (Å²) in [7, 11) is 0. The number of carbonyl (C=O) groups excluding carboxylic acids is 2. The van der Waals surface area contributed by atoms with E-state index in [4.69, 9.17) is 0 Å². The zero-order valence-electron chi connectivity index (χ0n) is 14.2. The first-order chi connectivity index (χ1) is 11.3. The van der Waals surface area contributed by atoms with Crippen LogP contribution in [-0.4, -0.2) is 22.1 Å². The highest BCUT2D eigenvalue weighted by atomic mass is 16.5. The molecule has 4 rings (SSSR count). The molecular weight excluding hydrogens is 302 g/mol. The lowest BCUT2D eigenvalue weighted by atomic mass is 9.81. The molecule has 4 heteroatoms. The molecule has 1 aliphatic heterocycles. The van der Waals surface area contributed by atoms with Gasteiger partial charge in [0.2, 0.25) is 0 Å². The van der Waals surface area contributed by atoms with Gasteiger partial charge in [-0.05, 0) is 59.2 Å². The Balaban J connectivity index is 2.06. The number of hydrogen-bond donors (Lipinski definition) is 1. The van der Waals surface area contributed by atoms with Gasteiger partial charge in [-0.3, -0.25) is 14.8 Å². The van der Waals surface area contributed by atoms with E-state index in [1.54, 1.807) is 6.07 Å². The summed E-state index contributed by atoms with van der Waals surface area (Å²) in [5.74, 6) is -0.560. The Labute approximate surface area is 141 Å². The third kappa shape index (κ3) is 2.25. The van der Waals surface area contributed by atoms with Gasteiger partial charge in [-0.15, -0.1) is 5.06 Å². The summed E-state index contributed by atoms with van der Waals surface area (Å²) in [5.41, 5.74) is 2.93. The maximum atomic E-state index is 12.5. The van der Waals surface area contributed by atoms with E-state index in [0.29, 0.717) is 22.4 Å². The van der Waals surface area contributed by atoms with Crippen LogP contribution in [0.25, 0.3) is 10.8 Å². The van der Waals surface area contributed by atoms with Crippen LogP contribution in [0.15, 0.2) is 24.3 Å². The number of benzene rings is 2. The van der Waals surface area contributed by atoms with E-state index in [0.717, 1.165) is 17.4 Å².